The number of urea groups is 1. The summed E-state index contributed by atoms with van der Waals surface area (Å²) in [7, 11) is 0. The third kappa shape index (κ3) is 5.33. The number of β-lactam (4-membered cyclic amide) rings is 1. The molecule has 20 heteroatoms. The number of anilines is 2. The Balaban J connectivity index is 1.38. The van der Waals surface area contributed by atoms with Crippen molar-refractivity contribution in [1.82, 2.24) is 29.2 Å². The number of nitrogens with zero attached hydrogens (tertiary/aromatic N) is 7. The van der Waals surface area contributed by atoms with E-state index in [0.29, 0.717) is 11.2 Å². The van der Waals surface area contributed by atoms with Gasteiger partial charge in [-0.05, 0) is 6.07 Å². The molecule has 5 heterocycles. The zero-order valence-electron chi connectivity index (χ0n) is 20.8. The zero-order chi connectivity index (χ0) is 29.3. The first-order chi connectivity index (χ1) is 19.7. The largest absolute Gasteiger partial charge is 0.477 e. The summed E-state index contributed by atoms with van der Waals surface area (Å²) in [5, 5.41) is 22.1. The number of alkyl halides is 1. The van der Waals surface area contributed by atoms with E-state index in [0.717, 1.165) is 16.4 Å². The van der Waals surface area contributed by atoms with Crippen LogP contribution in [0.2, 0.25) is 0 Å². The van der Waals surface area contributed by atoms with Crippen LogP contribution in [0, 0.1) is 0 Å². The highest BCUT2D eigenvalue weighted by Crippen LogP contribution is 2.40. The van der Waals surface area contributed by atoms with E-state index in [1.54, 1.807) is 22.9 Å². The molecule has 3 aromatic heterocycles. The Bertz CT molecular complexity index is 1620. The van der Waals surface area contributed by atoms with Crippen molar-refractivity contribution in [3.05, 3.63) is 41.6 Å². The summed E-state index contributed by atoms with van der Waals surface area (Å²) in [6.45, 7) is -1.23. The fourth-order valence-corrected chi connectivity index (χ4v) is 6.02. The van der Waals surface area contributed by atoms with Gasteiger partial charge in [0.1, 0.15) is 36.9 Å². The van der Waals surface area contributed by atoms with E-state index in [2.05, 4.69) is 30.2 Å². The van der Waals surface area contributed by atoms with E-state index in [1.807, 2.05) is 0 Å². The van der Waals surface area contributed by atoms with Crippen LogP contribution in [-0.2, 0) is 25.8 Å². The number of fused-ring (bicyclic) bond motifs is 2. The fourth-order valence-electron chi connectivity index (χ4n) is 4.25. The molecule has 0 unspecified atom stereocenters. The molecule has 0 aliphatic carbocycles. The van der Waals surface area contributed by atoms with Crippen molar-refractivity contribution in [3.63, 3.8) is 0 Å². The maximum atomic E-state index is 13.2. The van der Waals surface area contributed by atoms with Crippen LogP contribution in [0.4, 0.5) is 20.1 Å². The number of nitrogen functional groups attached to an aromatic ring is 1. The lowest BCUT2D eigenvalue weighted by Gasteiger charge is -2.49. The van der Waals surface area contributed by atoms with Crippen molar-refractivity contribution < 1.29 is 38.1 Å². The van der Waals surface area contributed by atoms with Crippen LogP contribution in [-0.4, -0.2) is 89.0 Å². The number of halogens is 1. The van der Waals surface area contributed by atoms with E-state index in [9.17, 15) is 28.7 Å². The predicted octanol–water partition coefficient (Wildman–Crippen LogP) is -1.32. The van der Waals surface area contributed by atoms with Gasteiger partial charge in [0.2, 0.25) is 11.5 Å². The highest BCUT2D eigenvalue weighted by atomic mass is 32.2. The number of carboxylic acid groups (broad SMARTS) is 1. The number of carbonyl (C=O) groups excluding carboxylic acids is 3. The van der Waals surface area contributed by atoms with Gasteiger partial charge in [0, 0.05) is 28.9 Å². The van der Waals surface area contributed by atoms with E-state index >= 15 is 0 Å². The SMILES string of the molecule is NC(=O)Nc1c[n+](CC2=C(C(=O)O)N3C(=O)[C@@H](NC(=O)/C(=N\OCCF)c4nsc(N)n4)[C@H]3SC2)c2cccnn12. The minimum atomic E-state index is -1.33. The van der Waals surface area contributed by atoms with Gasteiger partial charge >= 0.3 is 17.6 Å². The minimum Gasteiger partial charge on any atom is -0.477 e. The molecule has 5 rings (SSSR count). The van der Waals surface area contributed by atoms with Gasteiger partial charge in [-0.25, -0.2) is 18.5 Å². The number of hydrogen-bond acceptors (Lipinski definition) is 12. The van der Waals surface area contributed by atoms with E-state index < -0.39 is 54.2 Å². The summed E-state index contributed by atoms with van der Waals surface area (Å²) >= 11 is 2.04. The van der Waals surface area contributed by atoms with Crippen LogP contribution in [0.25, 0.3) is 5.65 Å². The van der Waals surface area contributed by atoms with Crippen molar-refractivity contribution in [2.75, 3.05) is 30.1 Å². The maximum Gasteiger partial charge on any atom is 0.352 e. The number of carboxylic acids is 1. The highest BCUT2D eigenvalue weighted by Gasteiger charge is 2.54. The fraction of sp³-hybridized carbons (Fsp3) is 0.286. The monoisotopic (exact) mass is 606 g/mol. The van der Waals surface area contributed by atoms with Gasteiger partial charge in [-0.15, -0.1) is 11.8 Å². The number of oxime groups is 1. The lowest BCUT2D eigenvalue weighted by molar-refractivity contribution is -0.662. The Morgan fingerprint density at radius 2 is 2.17 bits per heavy atom. The number of imidazole rings is 1. The molecule has 0 spiro atoms. The molecular formula is C21H21FN11O6S2+. The number of hydrogen-bond donors (Lipinski definition) is 5. The Morgan fingerprint density at radius 1 is 1.37 bits per heavy atom. The van der Waals surface area contributed by atoms with Gasteiger partial charge in [0.05, 0.1) is 6.20 Å². The van der Waals surface area contributed by atoms with Crippen molar-refractivity contribution in [3.8, 4) is 0 Å². The highest BCUT2D eigenvalue weighted by molar-refractivity contribution is 8.00. The second-order valence-corrected chi connectivity index (χ2v) is 10.4. The predicted molar refractivity (Wildman–Crippen MR) is 141 cm³/mol. The number of aliphatic carboxylic acids is 1. The van der Waals surface area contributed by atoms with Crippen LogP contribution in [0.1, 0.15) is 5.82 Å². The summed E-state index contributed by atoms with van der Waals surface area (Å²) in [5.41, 5.74) is 11.1. The first-order valence-electron chi connectivity index (χ1n) is 11.7. The van der Waals surface area contributed by atoms with Gasteiger partial charge in [-0.3, -0.25) is 19.8 Å². The van der Waals surface area contributed by atoms with Crippen molar-refractivity contribution in [2.24, 2.45) is 10.9 Å². The molecule has 2 atom stereocenters. The van der Waals surface area contributed by atoms with Gasteiger partial charge in [0.25, 0.3) is 17.6 Å². The molecule has 0 saturated carbocycles. The number of nitrogens with one attached hydrogen (secondary N) is 2. The molecular weight excluding hydrogens is 585 g/mol. The van der Waals surface area contributed by atoms with Crippen molar-refractivity contribution in [2.45, 2.75) is 18.0 Å². The first-order valence-corrected chi connectivity index (χ1v) is 13.5. The number of thioether (sulfide) groups is 1. The van der Waals surface area contributed by atoms with Gasteiger partial charge in [-0.1, -0.05) is 14.8 Å². The van der Waals surface area contributed by atoms with Crippen LogP contribution in [0.15, 0.2) is 41.0 Å². The number of amides is 4. The average molecular weight is 607 g/mol. The van der Waals surface area contributed by atoms with E-state index in [4.69, 9.17) is 16.3 Å². The molecule has 7 N–H and O–H groups in total. The minimum absolute atomic E-state index is 0.0469. The summed E-state index contributed by atoms with van der Waals surface area (Å²) in [5.74, 6) is -2.58. The molecule has 4 amide bonds. The Kier molecular flexibility index (Phi) is 7.66. The molecule has 2 aliphatic heterocycles. The van der Waals surface area contributed by atoms with Crippen LogP contribution >= 0.6 is 23.3 Å². The average Bonchev–Trinajstić information content (AvgIpc) is 3.52. The molecule has 214 valence electrons. The number of primary amides is 1. The maximum absolute atomic E-state index is 13.2. The lowest BCUT2D eigenvalue weighted by atomic mass is 10.0. The number of nitrogens with two attached hydrogens (primary N) is 2. The van der Waals surface area contributed by atoms with Crippen molar-refractivity contribution in [1.29, 1.82) is 0 Å². The summed E-state index contributed by atoms with van der Waals surface area (Å²) in [6, 6.07) is 1.48. The molecule has 3 aromatic rings. The molecule has 2 aliphatic rings. The molecule has 0 bridgehead atoms. The summed E-state index contributed by atoms with van der Waals surface area (Å²) in [6.07, 6.45) is 3.05. The molecule has 17 nitrogen and oxygen atoms in total. The number of aromatic nitrogens is 5. The topological polar surface area (TPSA) is 236 Å². The third-order valence-electron chi connectivity index (χ3n) is 5.87. The van der Waals surface area contributed by atoms with Gasteiger partial charge < -0.3 is 26.7 Å². The van der Waals surface area contributed by atoms with Gasteiger partial charge in [0.15, 0.2) is 11.3 Å². The Labute approximate surface area is 237 Å². The summed E-state index contributed by atoms with van der Waals surface area (Å²) in [4.78, 5) is 59.7. The molecule has 1 saturated heterocycles. The number of rotatable bonds is 10. The molecule has 0 aromatic carbocycles. The lowest BCUT2D eigenvalue weighted by Crippen LogP contribution is -2.71. The smallest absolute Gasteiger partial charge is 0.352 e. The second-order valence-electron chi connectivity index (χ2n) is 8.46. The molecule has 1 fully saturated rings. The van der Waals surface area contributed by atoms with E-state index in [1.165, 1.54) is 22.5 Å². The molecule has 0 radical (unpaired) electrons. The zero-order valence-corrected chi connectivity index (χ0v) is 22.4. The standard InChI is InChI=1S/C21H20FN11O6S2/c22-3-5-39-29-12(15-28-21(24)41-30-15)16(34)27-13-17(35)32-14(19(36)37)9(8-40-18(13)32)6-31-7-10(26-20(23)38)33-11(31)2-1-4-25-33/h1-2,4,7,13,18H,3,5-6,8H2,(H6-,23,24,25,26,27,28,30,34,36,37,38)/p+1/b29-12-/t13-,18-/m1/s1. The van der Waals surface area contributed by atoms with Crippen LogP contribution in [0.5, 0.6) is 0 Å². The van der Waals surface area contributed by atoms with Crippen LogP contribution < -0.4 is 26.7 Å². The second kappa shape index (κ2) is 11.3. The van der Waals surface area contributed by atoms with Gasteiger partial charge in [-0.2, -0.15) is 9.36 Å². The normalized spacial score (nSPS) is 18.6. The molecule has 41 heavy (non-hydrogen) atoms. The number of carbonyl (C=O) groups is 4. The first kappa shape index (κ1) is 27.7. The van der Waals surface area contributed by atoms with E-state index in [-0.39, 0.29) is 34.8 Å². The summed E-state index contributed by atoms with van der Waals surface area (Å²) < 4.78 is 19.5. The van der Waals surface area contributed by atoms with Crippen molar-refractivity contribution >= 4 is 69.4 Å². The Morgan fingerprint density at radius 3 is 2.85 bits per heavy atom. The van der Waals surface area contributed by atoms with Crippen LogP contribution in [0.3, 0.4) is 0 Å². The Hall–Kier alpha value is -4.85. The third-order valence-corrected chi connectivity index (χ3v) is 7.76. The quantitative estimate of drug-likeness (QED) is 0.0596.